The molecule has 2 aromatic carbocycles. The number of nitrogens with zero attached hydrogens (tertiary/aromatic N) is 3. The number of imidazole rings is 1. The Kier molecular flexibility index (Phi) is 5.37. The minimum absolute atomic E-state index is 0.200. The minimum atomic E-state index is -0.538. The number of likely N-dealkylation sites (tertiary alicyclic amines) is 1. The van der Waals surface area contributed by atoms with Gasteiger partial charge in [-0.1, -0.05) is 30.3 Å². The summed E-state index contributed by atoms with van der Waals surface area (Å²) in [5.41, 5.74) is 1.68. The molecule has 1 aliphatic rings. The van der Waals surface area contributed by atoms with Gasteiger partial charge in [-0.2, -0.15) is 4.98 Å². The van der Waals surface area contributed by atoms with Crippen LogP contribution in [0, 0.1) is 5.82 Å². The third-order valence-electron chi connectivity index (χ3n) is 4.97. The maximum absolute atomic E-state index is 14.3. The number of para-hydroxylation sites is 2. The molecule has 0 radical (unpaired) electrons. The van der Waals surface area contributed by atoms with Gasteiger partial charge < -0.3 is 14.4 Å². The van der Waals surface area contributed by atoms with E-state index in [0.717, 1.165) is 11.0 Å². The van der Waals surface area contributed by atoms with Gasteiger partial charge in [-0.25, -0.2) is 9.18 Å². The van der Waals surface area contributed by atoms with Crippen LogP contribution in [-0.4, -0.2) is 45.3 Å². The Morgan fingerprint density at radius 3 is 2.67 bits per heavy atom. The predicted octanol–water partition coefficient (Wildman–Crippen LogP) is 4.61. The van der Waals surface area contributed by atoms with Gasteiger partial charge in [0.25, 0.3) is 6.01 Å². The molecule has 3 aromatic rings. The highest BCUT2D eigenvalue weighted by Crippen LogP contribution is 2.26. The fourth-order valence-electron chi connectivity index (χ4n) is 3.56. The first-order chi connectivity index (χ1) is 14.3. The Balaban J connectivity index is 1.55. The molecule has 7 heteroatoms. The van der Waals surface area contributed by atoms with Crippen molar-refractivity contribution >= 4 is 17.1 Å². The fraction of sp³-hybridized carbons (Fsp3) is 0.391. The van der Waals surface area contributed by atoms with Crippen LogP contribution in [0.5, 0.6) is 6.01 Å². The van der Waals surface area contributed by atoms with Crippen molar-refractivity contribution in [2.75, 3.05) is 13.1 Å². The van der Waals surface area contributed by atoms with Gasteiger partial charge in [-0.05, 0) is 39.0 Å². The number of benzene rings is 2. The van der Waals surface area contributed by atoms with Gasteiger partial charge in [-0.15, -0.1) is 0 Å². The molecule has 1 atom stereocenters. The Morgan fingerprint density at radius 2 is 1.90 bits per heavy atom. The molecule has 0 unspecified atom stereocenters. The van der Waals surface area contributed by atoms with Crippen LogP contribution in [0.2, 0.25) is 0 Å². The normalized spacial score (nSPS) is 16.8. The maximum atomic E-state index is 14.3. The van der Waals surface area contributed by atoms with Gasteiger partial charge in [0.2, 0.25) is 0 Å². The number of amides is 1. The van der Waals surface area contributed by atoms with Crippen LogP contribution in [0.15, 0.2) is 48.5 Å². The highest BCUT2D eigenvalue weighted by Gasteiger charge is 2.32. The topological polar surface area (TPSA) is 56.6 Å². The minimum Gasteiger partial charge on any atom is -0.459 e. The number of fused-ring (bicyclic) bond motifs is 1. The second-order valence-corrected chi connectivity index (χ2v) is 8.52. The molecule has 4 rings (SSSR count). The van der Waals surface area contributed by atoms with Gasteiger partial charge in [0.1, 0.15) is 17.5 Å². The second-order valence-electron chi connectivity index (χ2n) is 8.52. The lowest BCUT2D eigenvalue weighted by atomic mass is 10.2. The summed E-state index contributed by atoms with van der Waals surface area (Å²) in [6.45, 7) is 6.84. The molecule has 1 fully saturated rings. The number of aromatic nitrogens is 2. The third-order valence-corrected chi connectivity index (χ3v) is 4.97. The van der Waals surface area contributed by atoms with Crippen molar-refractivity contribution in [1.82, 2.24) is 14.5 Å². The summed E-state index contributed by atoms with van der Waals surface area (Å²) in [6.07, 6.45) is 0.143. The summed E-state index contributed by atoms with van der Waals surface area (Å²) < 4.78 is 27.8. The largest absolute Gasteiger partial charge is 0.459 e. The first-order valence-corrected chi connectivity index (χ1v) is 10.1. The molecule has 0 N–H and O–H groups in total. The van der Waals surface area contributed by atoms with Gasteiger partial charge in [0.05, 0.1) is 24.1 Å². The predicted molar refractivity (Wildman–Crippen MR) is 112 cm³/mol. The second kappa shape index (κ2) is 7.97. The SMILES string of the molecule is CC(C)(C)OC(=O)N1CC[C@@H](Oc2nc3ccccc3n2Cc2ccccc2F)C1. The standard InChI is InChI=1S/C23H26FN3O3/c1-23(2,3)30-22(28)26-13-12-17(15-26)29-21-25-19-10-6-7-11-20(19)27(21)14-16-8-4-5-9-18(16)24/h4-11,17H,12-15H2,1-3H3/t17-/m1/s1. The van der Waals surface area contributed by atoms with Crippen LogP contribution in [0.1, 0.15) is 32.8 Å². The average molecular weight is 411 g/mol. The highest BCUT2D eigenvalue weighted by atomic mass is 19.1. The molecule has 0 spiro atoms. The molecule has 0 aliphatic carbocycles. The van der Waals surface area contributed by atoms with Gasteiger partial charge in [0.15, 0.2) is 0 Å². The zero-order valence-corrected chi connectivity index (χ0v) is 17.5. The molecule has 6 nitrogen and oxygen atoms in total. The number of rotatable bonds is 4. The zero-order chi connectivity index (χ0) is 21.3. The van der Waals surface area contributed by atoms with Crippen LogP contribution >= 0.6 is 0 Å². The quantitative estimate of drug-likeness (QED) is 0.629. The average Bonchev–Trinajstić information content (AvgIpc) is 3.28. The van der Waals surface area contributed by atoms with Crippen LogP contribution in [-0.2, 0) is 11.3 Å². The van der Waals surface area contributed by atoms with E-state index in [-0.39, 0.29) is 18.0 Å². The molecule has 1 aliphatic heterocycles. The van der Waals surface area contributed by atoms with E-state index in [4.69, 9.17) is 9.47 Å². The summed E-state index contributed by atoms with van der Waals surface area (Å²) in [5, 5.41) is 0. The molecule has 30 heavy (non-hydrogen) atoms. The maximum Gasteiger partial charge on any atom is 0.410 e. The Labute approximate surface area is 175 Å². The van der Waals surface area contributed by atoms with Crippen molar-refractivity contribution < 1.29 is 18.7 Å². The van der Waals surface area contributed by atoms with Crippen LogP contribution in [0.3, 0.4) is 0 Å². The van der Waals surface area contributed by atoms with Crippen molar-refractivity contribution in [1.29, 1.82) is 0 Å². The molecule has 0 bridgehead atoms. The summed E-state index contributed by atoms with van der Waals surface area (Å²) in [4.78, 5) is 18.6. The summed E-state index contributed by atoms with van der Waals surface area (Å²) in [5.74, 6) is -0.266. The first kappa shape index (κ1) is 20.2. The molecule has 1 aromatic heterocycles. The Bertz CT molecular complexity index is 1060. The van der Waals surface area contributed by atoms with E-state index in [1.807, 2.05) is 55.7 Å². The summed E-state index contributed by atoms with van der Waals surface area (Å²) in [7, 11) is 0. The van der Waals surface area contributed by atoms with Crippen LogP contribution in [0.4, 0.5) is 9.18 Å². The van der Waals surface area contributed by atoms with E-state index in [2.05, 4.69) is 4.98 Å². The fourth-order valence-corrected chi connectivity index (χ4v) is 3.56. The van der Waals surface area contributed by atoms with Gasteiger partial charge in [-0.3, -0.25) is 4.57 Å². The number of hydrogen-bond donors (Lipinski definition) is 0. The molecular weight excluding hydrogens is 385 g/mol. The van der Waals surface area contributed by atoms with E-state index in [1.165, 1.54) is 6.07 Å². The van der Waals surface area contributed by atoms with Crippen LogP contribution in [0.25, 0.3) is 11.0 Å². The number of hydrogen-bond acceptors (Lipinski definition) is 4. The number of ether oxygens (including phenoxy) is 2. The van der Waals surface area contributed by atoms with Gasteiger partial charge in [0, 0.05) is 18.5 Å². The monoisotopic (exact) mass is 411 g/mol. The van der Waals surface area contributed by atoms with Crippen molar-refractivity contribution in [3.8, 4) is 6.01 Å². The van der Waals surface area contributed by atoms with Crippen molar-refractivity contribution in [2.45, 2.75) is 45.4 Å². The smallest absolute Gasteiger partial charge is 0.410 e. The van der Waals surface area contributed by atoms with Gasteiger partial charge >= 0.3 is 6.09 Å². The van der Waals surface area contributed by atoms with E-state index in [9.17, 15) is 9.18 Å². The highest BCUT2D eigenvalue weighted by molar-refractivity contribution is 5.76. The molecule has 1 amide bonds. The van der Waals surface area contributed by atoms with Crippen LogP contribution < -0.4 is 4.74 Å². The Morgan fingerprint density at radius 1 is 1.17 bits per heavy atom. The zero-order valence-electron chi connectivity index (χ0n) is 17.5. The van der Waals surface area contributed by atoms with E-state index < -0.39 is 5.60 Å². The van der Waals surface area contributed by atoms with E-state index >= 15 is 0 Å². The lowest BCUT2D eigenvalue weighted by molar-refractivity contribution is 0.0273. The first-order valence-electron chi connectivity index (χ1n) is 10.1. The Hall–Kier alpha value is -3.09. The molecule has 0 saturated carbocycles. The molecule has 158 valence electrons. The molecular formula is C23H26FN3O3. The number of carbonyl (C=O) groups excluding carboxylic acids is 1. The summed E-state index contributed by atoms with van der Waals surface area (Å²) in [6, 6.07) is 14.8. The number of halogens is 1. The third kappa shape index (κ3) is 4.40. The van der Waals surface area contributed by atoms with E-state index in [0.29, 0.717) is 37.6 Å². The van der Waals surface area contributed by atoms with E-state index in [1.54, 1.807) is 17.0 Å². The van der Waals surface area contributed by atoms with Crippen molar-refractivity contribution in [3.63, 3.8) is 0 Å². The molecule has 1 saturated heterocycles. The van der Waals surface area contributed by atoms with Crippen molar-refractivity contribution in [2.24, 2.45) is 0 Å². The van der Waals surface area contributed by atoms with Crippen molar-refractivity contribution in [3.05, 3.63) is 59.9 Å². The summed E-state index contributed by atoms with van der Waals surface area (Å²) >= 11 is 0. The number of carbonyl (C=O) groups is 1. The lowest BCUT2D eigenvalue weighted by Gasteiger charge is -2.24. The lowest BCUT2D eigenvalue weighted by Crippen LogP contribution is -2.36. The molecule has 2 heterocycles.